The number of allylic oxidation sites excluding steroid dienone is 1. The van der Waals surface area contributed by atoms with E-state index in [1.54, 1.807) is 6.08 Å². The molecule has 3 unspecified atom stereocenters. The van der Waals surface area contributed by atoms with E-state index in [1.807, 2.05) is 6.08 Å². The summed E-state index contributed by atoms with van der Waals surface area (Å²) in [6.07, 6.45) is 62.9. The van der Waals surface area contributed by atoms with Crippen LogP contribution < -0.4 is 5.32 Å². The van der Waals surface area contributed by atoms with Gasteiger partial charge in [0, 0.05) is 0 Å². The molecule has 358 valence electrons. The lowest BCUT2D eigenvalue weighted by molar-refractivity contribution is -0.131. The van der Waals surface area contributed by atoms with Crippen LogP contribution in [0.2, 0.25) is 0 Å². The summed E-state index contributed by atoms with van der Waals surface area (Å²) in [5.74, 6) is -0.496. The molecule has 0 rings (SSSR count). The Balaban J connectivity index is 3.51. The van der Waals surface area contributed by atoms with Crippen molar-refractivity contribution in [2.24, 2.45) is 0 Å². The van der Waals surface area contributed by atoms with Gasteiger partial charge in [-0.3, -0.25) is 4.79 Å². The van der Waals surface area contributed by atoms with E-state index in [9.17, 15) is 20.1 Å². The largest absolute Gasteiger partial charge is 0.394 e. The number of carbonyl (C=O) groups is 1. The van der Waals surface area contributed by atoms with Crippen LogP contribution in [0, 0.1) is 0 Å². The van der Waals surface area contributed by atoms with Crippen molar-refractivity contribution in [1.29, 1.82) is 0 Å². The van der Waals surface area contributed by atoms with Crippen molar-refractivity contribution in [2.75, 3.05) is 6.61 Å². The van der Waals surface area contributed by atoms with Crippen LogP contribution >= 0.6 is 0 Å². The molecule has 0 fully saturated rings. The fraction of sp³-hybridized carbons (Fsp3) is 0.945. The van der Waals surface area contributed by atoms with Crippen molar-refractivity contribution in [3.8, 4) is 0 Å². The first kappa shape index (κ1) is 59.1. The molecule has 0 saturated heterocycles. The maximum Gasteiger partial charge on any atom is 0.249 e. The number of hydrogen-bond acceptors (Lipinski definition) is 4. The zero-order valence-corrected chi connectivity index (χ0v) is 40.9. The van der Waals surface area contributed by atoms with Gasteiger partial charge < -0.3 is 20.6 Å². The van der Waals surface area contributed by atoms with Crippen molar-refractivity contribution in [1.82, 2.24) is 5.32 Å². The smallest absolute Gasteiger partial charge is 0.249 e. The number of amides is 1. The monoisotopic (exact) mass is 848 g/mol. The molecule has 0 aliphatic carbocycles. The van der Waals surface area contributed by atoms with Crippen molar-refractivity contribution in [3.63, 3.8) is 0 Å². The highest BCUT2D eigenvalue weighted by Crippen LogP contribution is 2.18. The van der Waals surface area contributed by atoms with E-state index in [0.717, 1.165) is 32.1 Å². The van der Waals surface area contributed by atoms with Gasteiger partial charge in [0.25, 0.3) is 0 Å². The predicted molar refractivity (Wildman–Crippen MR) is 264 cm³/mol. The first-order valence-corrected chi connectivity index (χ1v) is 27.5. The van der Waals surface area contributed by atoms with Gasteiger partial charge in [0.1, 0.15) is 6.10 Å². The Labute approximate surface area is 376 Å². The minimum Gasteiger partial charge on any atom is -0.394 e. The molecule has 0 bridgehead atoms. The summed E-state index contributed by atoms with van der Waals surface area (Å²) in [4.78, 5) is 12.5. The molecule has 4 N–H and O–H groups in total. The zero-order chi connectivity index (χ0) is 43.7. The van der Waals surface area contributed by atoms with Gasteiger partial charge in [0.15, 0.2) is 0 Å². The van der Waals surface area contributed by atoms with Crippen LogP contribution in [0.5, 0.6) is 0 Å². The maximum atomic E-state index is 12.5. The number of hydrogen-bond donors (Lipinski definition) is 4. The molecule has 0 radical (unpaired) electrons. The Kier molecular flexibility index (Phi) is 50.0. The Bertz CT molecular complexity index is 848. The average molecular weight is 848 g/mol. The van der Waals surface area contributed by atoms with Gasteiger partial charge in [0.2, 0.25) is 5.91 Å². The summed E-state index contributed by atoms with van der Waals surface area (Å²) in [6, 6.07) is -0.794. The van der Waals surface area contributed by atoms with Crippen molar-refractivity contribution in [2.45, 2.75) is 327 Å². The van der Waals surface area contributed by atoms with E-state index in [1.165, 1.54) is 257 Å². The number of aliphatic hydroxyl groups excluding tert-OH is 3. The van der Waals surface area contributed by atoms with Gasteiger partial charge in [0.05, 0.1) is 18.8 Å². The highest BCUT2D eigenvalue weighted by Gasteiger charge is 2.22. The van der Waals surface area contributed by atoms with Crippen LogP contribution in [0.4, 0.5) is 0 Å². The normalized spacial score (nSPS) is 13.3. The van der Waals surface area contributed by atoms with E-state index >= 15 is 0 Å². The SMILES string of the molecule is CCCCCCCCCCCCCCCCC/C=C/C(O)C(CO)NC(=O)C(O)CCCCCCCCCCCCCCCCCCCCCCCCCCCCCCC. The fourth-order valence-corrected chi connectivity index (χ4v) is 8.84. The van der Waals surface area contributed by atoms with Crippen LogP contribution in [0.25, 0.3) is 0 Å². The molecule has 0 aromatic rings. The topological polar surface area (TPSA) is 89.8 Å². The lowest BCUT2D eigenvalue weighted by atomic mass is 10.0. The van der Waals surface area contributed by atoms with Crippen molar-refractivity contribution < 1.29 is 20.1 Å². The molecule has 60 heavy (non-hydrogen) atoms. The van der Waals surface area contributed by atoms with Gasteiger partial charge in [-0.05, 0) is 19.3 Å². The highest BCUT2D eigenvalue weighted by atomic mass is 16.3. The quantitative estimate of drug-likeness (QED) is 0.0363. The molecular formula is C55H109NO4. The number of rotatable bonds is 51. The predicted octanol–water partition coefficient (Wildman–Crippen LogP) is 16.7. The minimum atomic E-state index is -1.09. The Morgan fingerprint density at radius 2 is 0.650 bits per heavy atom. The summed E-state index contributed by atoms with van der Waals surface area (Å²) >= 11 is 0. The lowest BCUT2D eigenvalue weighted by Gasteiger charge is -2.21. The summed E-state index contributed by atoms with van der Waals surface area (Å²) in [7, 11) is 0. The van der Waals surface area contributed by atoms with Crippen molar-refractivity contribution >= 4 is 5.91 Å². The van der Waals surface area contributed by atoms with E-state index in [0.29, 0.717) is 6.42 Å². The minimum absolute atomic E-state index is 0.359. The second-order valence-corrected chi connectivity index (χ2v) is 19.2. The molecule has 3 atom stereocenters. The van der Waals surface area contributed by atoms with Crippen LogP contribution in [-0.2, 0) is 4.79 Å². The molecule has 0 aliphatic rings. The molecule has 0 aromatic carbocycles. The van der Waals surface area contributed by atoms with Crippen LogP contribution in [0.3, 0.4) is 0 Å². The van der Waals surface area contributed by atoms with Gasteiger partial charge in [-0.2, -0.15) is 0 Å². The third-order valence-corrected chi connectivity index (χ3v) is 13.1. The van der Waals surface area contributed by atoms with Gasteiger partial charge in [-0.25, -0.2) is 0 Å². The molecule has 5 nitrogen and oxygen atoms in total. The Morgan fingerprint density at radius 3 is 0.917 bits per heavy atom. The van der Waals surface area contributed by atoms with E-state index in [4.69, 9.17) is 0 Å². The standard InChI is InChI=1S/C55H109NO4/c1-3-5-7-9-11-13-15-17-19-21-22-23-24-25-26-27-28-29-30-31-32-34-36-38-40-42-44-46-48-50-54(59)55(60)56-52(51-57)53(58)49-47-45-43-41-39-37-35-33-20-18-16-14-12-10-8-6-4-2/h47,49,52-54,57-59H,3-46,48,50-51H2,1-2H3,(H,56,60)/b49-47+. The highest BCUT2D eigenvalue weighted by molar-refractivity contribution is 5.80. The molecule has 0 saturated carbocycles. The molecular weight excluding hydrogens is 739 g/mol. The maximum absolute atomic E-state index is 12.5. The van der Waals surface area contributed by atoms with E-state index in [2.05, 4.69) is 19.2 Å². The number of carbonyl (C=O) groups excluding carboxylic acids is 1. The van der Waals surface area contributed by atoms with E-state index in [-0.39, 0.29) is 6.61 Å². The fourth-order valence-electron chi connectivity index (χ4n) is 8.84. The first-order valence-electron chi connectivity index (χ1n) is 27.5. The van der Waals surface area contributed by atoms with Crippen molar-refractivity contribution in [3.05, 3.63) is 12.2 Å². The average Bonchev–Trinajstić information content (AvgIpc) is 3.25. The Morgan fingerprint density at radius 1 is 0.400 bits per heavy atom. The molecule has 0 heterocycles. The zero-order valence-electron chi connectivity index (χ0n) is 40.9. The number of aliphatic hydroxyl groups is 3. The molecule has 0 aromatic heterocycles. The van der Waals surface area contributed by atoms with Gasteiger partial charge in [-0.15, -0.1) is 0 Å². The second kappa shape index (κ2) is 50.7. The third-order valence-electron chi connectivity index (χ3n) is 13.1. The summed E-state index contributed by atoms with van der Waals surface area (Å²) in [6.45, 7) is 4.22. The summed E-state index contributed by atoms with van der Waals surface area (Å²) in [5, 5.41) is 33.3. The van der Waals surface area contributed by atoms with Crippen LogP contribution in [0.1, 0.15) is 309 Å². The summed E-state index contributed by atoms with van der Waals surface area (Å²) in [5.41, 5.74) is 0. The summed E-state index contributed by atoms with van der Waals surface area (Å²) < 4.78 is 0. The Hall–Kier alpha value is -0.910. The molecule has 0 spiro atoms. The van der Waals surface area contributed by atoms with Gasteiger partial charge in [-0.1, -0.05) is 302 Å². The lowest BCUT2D eigenvalue weighted by Crippen LogP contribution is -2.48. The van der Waals surface area contributed by atoms with Crippen LogP contribution in [0.15, 0.2) is 12.2 Å². The third kappa shape index (κ3) is 45.1. The van der Waals surface area contributed by atoms with E-state index < -0.39 is 24.2 Å². The molecule has 5 heteroatoms. The second-order valence-electron chi connectivity index (χ2n) is 19.2. The first-order chi connectivity index (χ1) is 29.6. The van der Waals surface area contributed by atoms with Crippen LogP contribution in [-0.4, -0.2) is 46.1 Å². The van der Waals surface area contributed by atoms with Gasteiger partial charge >= 0.3 is 0 Å². The molecule has 0 aliphatic heterocycles. The molecule has 1 amide bonds. The number of nitrogens with one attached hydrogen (secondary N) is 1. The number of unbranched alkanes of at least 4 members (excludes halogenated alkanes) is 43.